The number of nitrogens with one attached hydrogen (secondary N) is 1. The second kappa shape index (κ2) is 19.0. The average Bonchev–Trinajstić information content (AvgIpc) is 2.94. The molecule has 0 aliphatic rings. The highest BCUT2D eigenvalue weighted by atomic mass is 35.5. The van der Waals surface area contributed by atoms with Gasteiger partial charge in [0.25, 0.3) is 5.56 Å². The summed E-state index contributed by atoms with van der Waals surface area (Å²) in [5.41, 5.74) is 10.3. The zero-order valence-corrected chi connectivity index (χ0v) is 24.4. The number of aliphatic hydroxyl groups is 1. The fourth-order valence-electron chi connectivity index (χ4n) is 3.74. The molecular weight excluding hydrogens is 529 g/mol. The number of aromatic nitrogens is 2. The molecule has 10 heteroatoms. The molecule has 1 unspecified atom stereocenters. The molecule has 0 aliphatic carbocycles. The molecule has 1 heterocycles. The van der Waals surface area contributed by atoms with Gasteiger partial charge in [0, 0.05) is 38.5 Å². The molecule has 2 aromatic carbocycles. The number of aliphatic hydroxyl groups excluding tert-OH is 1. The molecule has 4 N–H and O–H groups in total. The van der Waals surface area contributed by atoms with Crippen LogP contribution in [-0.2, 0) is 13.6 Å². The van der Waals surface area contributed by atoms with Crippen LogP contribution in [-0.4, -0.2) is 34.5 Å². The SMILES string of the molecule is CC.CC/C(=C/C(Cl)=C\N)C(C)NCc1cc(C)cc2c(=O)n(C)c(-c3ccccc3)nc12.CO.FC(F)F. The van der Waals surface area contributed by atoms with Gasteiger partial charge in [0.1, 0.15) is 5.82 Å². The number of fused-ring (bicyclic) bond motifs is 1. The van der Waals surface area contributed by atoms with Crippen molar-refractivity contribution >= 4 is 22.5 Å². The first-order valence-corrected chi connectivity index (χ1v) is 12.9. The lowest BCUT2D eigenvalue weighted by atomic mass is 10.0. The predicted molar refractivity (Wildman–Crippen MR) is 157 cm³/mol. The van der Waals surface area contributed by atoms with Gasteiger partial charge >= 0.3 is 6.68 Å². The number of aryl methyl sites for hydroxylation is 1. The van der Waals surface area contributed by atoms with E-state index in [0.717, 1.165) is 41.3 Å². The van der Waals surface area contributed by atoms with E-state index in [-0.39, 0.29) is 11.6 Å². The number of nitrogens with zero attached hydrogens (tertiary/aromatic N) is 2. The van der Waals surface area contributed by atoms with Gasteiger partial charge in [-0.05, 0) is 43.5 Å². The topological polar surface area (TPSA) is 93.2 Å². The predicted octanol–water partition coefficient (Wildman–Crippen LogP) is 6.58. The summed E-state index contributed by atoms with van der Waals surface area (Å²) in [5, 5.41) is 11.7. The van der Waals surface area contributed by atoms with Gasteiger partial charge in [-0.1, -0.05) is 74.3 Å². The molecule has 0 bridgehead atoms. The minimum atomic E-state index is -3.67. The number of hydrogen-bond donors (Lipinski definition) is 3. The highest BCUT2D eigenvalue weighted by Gasteiger charge is 2.15. The van der Waals surface area contributed by atoms with E-state index in [0.29, 0.717) is 22.8 Å². The molecule has 6 nitrogen and oxygen atoms in total. The molecule has 0 saturated heterocycles. The molecule has 0 radical (unpaired) electrons. The van der Waals surface area contributed by atoms with Crippen molar-refractivity contribution in [2.24, 2.45) is 12.8 Å². The molecule has 1 atom stereocenters. The Morgan fingerprint density at radius 2 is 1.74 bits per heavy atom. The Hall–Kier alpha value is -3.14. The summed E-state index contributed by atoms with van der Waals surface area (Å²) >= 11 is 6.09. The minimum absolute atomic E-state index is 0.0455. The summed E-state index contributed by atoms with van der Waals surface area (Å²) < 4.78 is 30.6. The van der Waals surface area contributed by atoms with Gasteiger partial charge in [-0.2, -0.15) is 13.2 Å². The maximum Gasteiger partial charge on any atom is 0.379 e. The van der Waals surface area contributed by atoms with Crippen molar-refractivity contribution in [3.63, 3.8) is 0 Å². The van der Waals surface area contributed by atoms with Crippen LogP contribution >= 0.6 is 11.6 Å². The van der Waals surface area contributed by atoms with Crippen LogP contribution in [0.2, 0.25) is 0 Å². The van der Waals surface area contributed by atoms with Gasteiger partial charge in [0.05, 0.1) is 15.9 Å². The molecule has 3 aromatic rings. The van der Waals surface area contributed by atoms with Crippen molar-refractivity contribution in [2.45, 2.75) is 60.3 Å². The zero-order valence-electron chi connectivity index (χ0n) is 23.6. The Morgan fingerprint density at radius 3 is 2.26 bits per heavy atom. The van der Waals surface area contributed by atoms with Crippen molar-refractivity contribution in [1.82, 2.24) is 14.9 Å². The first-order chi connectivity index (χ1) is 18.6. The molecule has 0 amide bonds. The van der Waals surface area contributed by atoms with Gasteiger partial charge in [0.2, 0.25) is 0 Å². The number of nitrogens with two attached hydrogens (primary N) is 1. The van der Waals surface area contributed by atoms with Crippen molar-refractivity contribution < 1.29 is 18.3 Å². The lowest BCUT2D eigenvalue weighted by Crippen LogP contribution is -2.28. The highest BCUT2D eigenvalue weighted by molar-refractivity contribution is 6.31. The first-order valence-electron chi connectivity index (χ1n) is 12.5. The van der Waals surface area contributed by atoms with Gasteiger partial charge in [-0.25, -0.2) is 4.98 Å². The third kappa shape index (κ3) is 11.2. The van der Waals surface area contributed by atoms with E-state index in [2.05, 4.69) is 25.2 Å². The van der Waals surface area contributed by atoms with Crippen LogP contribution in [0.4, 0.5) is 13.2 Å². The van der Waals surface area contributed by atoms with Crippen LogP contribution in [0.5, 0.6) is 0 Å². The van der Waals surface area contributed by atoms with Crippen LogP contribution in [0.25, 0.3) is 22.3 Å². The molecule has 3 rings (SSSR count). The van der Waals surface area contributed by atoms with E-state index >= 15 is 0 Å². The normalized spacial score (nSPS) is 12.0. The number of halogens is 4. The van der Waals surface area contributed by atoms with E-state index in [1.165, 1.54) is 6.20 Å². The monoisotopic (exact) mass is 568 g/mol. The van der Waals surface area contributed by atoms with E-state index in [4.69, 9.17) is 27.4 Å². The van der Waals surface area contributed by atoms with E-state index < -0.39 is 6.68 Å². The molecular formula is C29H40ClF3N4O2. The number of alkyl halides is 3. The lowest BCUT2D eigenvalue weighted by molar-refractivity contribution is 0.00819. The Morgan fingerprint density at radius 1 is 1.18 bits per heavy atom. The second-order valence-electron chi connectivity index (χ2n) is 7.96. The van der Waals surface area contributed by atoms with Crippen molar-refractivity contribution in [3.05, 3.63) is 86.8 Å². The maximum atomic E-state index is 13.1. The van der Waals surface area contributed by atoms with Gasteiger partial charge < -0.3 is 16.2 Å². The average molecular weight is 569 g/mol. The second-order valence-corrected chi connectivity index (χ2v) is 8.40. The quantitative estimate of drug-likeness (QED) is 0.280. The van der Waals surface area contributed by atoms with Crippen LogP contribution in [0.1, 0.15) is 45.2 Å². The van der Waals surface area contributed by atoms with E-state index in [1.807, 2.05) is 63.2 Å². The van der Waals surface area contributed by atoms with Gasteiger partial charge in [-0.3, -0.25) is 9.36 Å². The summed E-state index contributed by atoms with van der Waals surface area (Å²) in [7, 11) is 2.77. The number of benzene rings is 2. The summed E-state index contributed by atoms with van der Waals surface area (Å²) in [5.74, 6) is 0.658. The summed E-state index contributed by atoms with van der Waals surface area (Å²) in [4.78, 5) is 18.0. The van der Waals surface area contributed by atoms with Crippen LogP contribution < -0.4 is 16.6 Å². The van der Waals surface area contributed by atoms with Crippen molar-refractivity contribution in [1.29, 1.82) is 0 Å². The molecule has 0 saturated carbocycles. The van der Waals surface area contributed by atoms with Gasteiger partial charge in [-0.15, -0.1) is 0 Å². The van der Waals surface area contributed by atoms with E-state index in [9.17, 15) is 18.0 Å². The molecule has 0 fully saturated rings. The highest BCUT2D eigenvalue weighted by Crippen LogP contribution is 2.22. The summed E-state index contributed by atoms with van der Waals surface area (Å²) in [6, 6.07) is 13.9. The van der Waals surface area contributed by atoms with Crippen LogP contribution in [0.15, 0.2) is 70.1 Å². The maximum absolute atomic E-state index is 13.1. The largest absolute Gasteiger partial charge is 0.403 e. The van der Waals surface area contributed by atoms with E-state index in [1.54, 1.807) is 11.6 Å². The van der Waals surface area contributed by atoms with Crippen LogP contribution in [0.3, 0.4) is 0 Å². The van der Waals surface area contributed by atoms with Crippen molar-refractivity contribution in [3.8, 4) is 11.4 Å². The zero-order chi connectivity index (χ0) is 30.1. The molecule has 0 spiro atoms. The molecule has 1 aromatic heterocycles. The number of rotatable bonds is 7. The Bertz CT molecular complexity index is 1260. The minimum Gasteiger partial charge on any atom is -0.403 e. The Labute approximate surface area is 234 Å². The number of hydrogen-bond acceptors (Lipinski definition) is 5. The van der Waals surface area contributed by atoms with Gasteiger partial charge in [0.15, 0.2) is 0 Å². The lowest BCUT2D eigenvalue weighted by Gasteiger charge is -2.18. The van der Waals surface area contributed by atoms with Crippen LogP contribution in [0, 0.1) is 6.92 Å². The first kappa shape index (κ1) is 35.9. The standard InChI is InChI=1S/C25H29ClN4O.C2H6.CHF3.CH4O/c1-5-18(13-21(26)14-27)17(3)28-15-20-11-16(2)12-22-23(20)29-24(30(4)25(22)31)19-9-7-6-8-10-19;1-2;2-1(3)4;1-2/h6-14,17,28H,5,15,27H2,1-4H3;1-2H3;1H;2H,1H3/b18-13-,21-14+;;;. The molecule has 216 valence electrons. The summed E-state index contributed by atoms with van der Waals surface area (Å²) in [6.45, 7) is 7.09. The summed E-state index contributed by atoms with van der Waals surface area (Å²) in [6.07, 6.45) is 4.14. The fourth-order valence-corrected chi connectivity index (χ4v) is 3.88. The Balaban J connectivity index is 0.00000162. The van der Waals surface area contributed by atoms with Crippen molar-refractivity contribution in [2.75, 3.05) is 7.11 Å². The third-order valence-corrected chi connectivity index (χ3v) is 5.72. The third-order valence-electron chi connectivity index (χ3n) is 5.48. The molecule has 39 heavy (non-hydrogen) atoms. The Kier molecular flexibility index (Phi) is 17.5. The smallest absolute Gasteiger partial charge is 0.379 e. The molecule has 0 aliphatic heterocycles. The fraction of sp³-hybridized carbons (Fsp3) is 0.379. The number of allylic oxidation sites excluding steroid dienone is 2.